The fourth-order valence-electron chi connectivity index (χ4n) is 3.00. The van der Waals surface area contributed by atoms with Crippen molar-refractivity contribution in [3.05, 3.63) is 53.0 Å². The van der Waals surface area contributed by atoms with Crippen LogP contribution in [0.15, 0.2) is 41.8 Å². The Morgan fingerprint density at radius 2 is 1.75 bits per heavy atom. The van der Waals surface area contributed by atoms with Gasteiger partial charge in [0.05, 0.1) is 16.6 Å². The molecule has 2 aromatic carbocycles. The van der Waals surface area contributed by atoms with Crippen LogP contribution in [0.3, 0.4) is 0 Å². The maximum absolute atomic E-state index is 13.1. The molecule has 4 aromatic rings. The van der Waals surface area contributed by atoms with Crippen LogP contribution < -0.4 is 14.8 Å². The van der Waals surface area contributed by atoms with Crippen LogP contribution in [0.2, 0.25) is 0 Å². The minimum Gasteiger partial charge on any atom is -0.395 e. The number of imidazole rings is 1. The van der Waals surface area contributed by atoms with Gasteiger partial charge in [-0.3, -0.25) is 10.1 Å². The number of benzene rings is 2. The smallest absolute Gasteiger partial charge is 0.395 e. The van der Waals surface area contributed by atoms with Crippen LogP contribution in [0, 0.1) is 0 Å². The summed E-state index contributed by atoms with van der Waals surface area (Å²) in [6, 6.07) is 6.92. The van der Waals surface area contributed by atoms with Crippen LogP contribution in [-0.2, 0) is 6.18 Å². The Labute approximate surface area is 178 Å². The number of carbonyl (C=O) groups excluding carboxylic acids is 1. The second kappa shape index (κ2) is 6.88. The Hall–Kier alpha value is -3.74. The molecule has 0 spiro atoms. The molecule has 3 heterocycles. The normalized spacial score (nSPS) is 14.7. The van der Waals surface area contributed by atoms with Crippen LogP contribution in [0.5, 0.6) is 11.5 Å². The number of H-pyrrole nitrogens is 1. The van der Waals surface area contributed by atoms with E-state index in [0.29, 0.717) is 16.1 Å². The highest BCUT2D eigenvalue weighted by Gasteiger charge is 2.43. The number of carbonyl (C=O) groups is 1. The molecule has 0 saturated heterocycles. The van der Waals surface area contributed by atoms with Gasteiger partial charge in [-0.15, -0.1) is 20.1 Å². The van der Waals surface area contributed by atoms with Crippen molar-refractivity contribution >= 4 is 34.2 Å². The number of ether oxygens (including phenoxy) is 2. The first-order chi connectivity index (χ1) is 15.1. The van der Waals surface area contributed by atoms with Gasteiger partial charge in [-0.1, -0.05) is 12.1 Å². The van der Waals surface area contributed by atoms with E-state index in [0.717, 1.165) is 23.5 Å². The minimum absolute atomic E-state index is 0.0270. The highest BCUT2D eigenvalue weighted by molar-refractivity contribution is 7.13. The van der Waals surface area contributed by atoms with E-state index in [2.05, 4.69) is 29.7 Å². The second-order valence-electron chi connectivity index (χ2n) is 6.64. The Morgan fingerprint density at radius 3 is 2.44 bits per heavy atom. The first kappa shape index (κ1) is 20.2. The monoisotopic (exact) mass is 468 g/mol. The third-order valence-corrected chi connectivity index (χ3v) is 5.32. The van der Waals surface area contributed by atoms with Crippen molar-refractivity contribution in [1.29, 1.82) is 0 Å². The molecule has 1 aliphatic rings. The lowest BCUT2D eigenvalue weighted by molar-refractivity contribution is -0.286. The maximum Gasteiger partial charge on any atom is 0.586 e. The first-order valence-electron chi connectivity index (χ1n) is 8.81. The van der Waals surface area contributed by atoms with Gasteiger partial charge in [0.15, 0.2) is 11.5 Å². The number of halogens is 5. The van der Waals surface area contributed by atoms with Crippen molar-refractivity contribution < 1.29 is 36.2 Å². The largest absolute Gasteiger partial charge is 0.586 e. The molecule has 1 amide bonds. The standard InChI is InChI=1S/C19H9F5N4O3S/c20-18(21,22)9-3-1-8(2-4-9)16-25-12(7-32-16)15(29)28-17-26-10-5-13-14(6-11(10)27-17)31-19(23,24)30-13/h1-7H,(H2,26,27,28,29). The van der Waals surface area contributed by atoms with E-state index in [1.54, 1.807) is 0 Å². The summed E-state index contributed by atoms with van der Waals surface area (Å²) in [4.78, 5) is 23.5. The molecular formula is C19H9F5N4O3S. The van der Waals surface area contributed by atoms with E-state index < -0.39 is 23.9 Å². The number of hydrogen-bond acceptors (Lipinski definition) is 6. The highest BCUT2D eigenvalue weighted by atomic mass is 32.1. The zero-order valence-electron chi connectivity index (χ0n) is 15.5. The molecule has 32 heavy (non-hydrogen) atoms. The van der Waals surface area contributed by atoms with Crippen molar-refractivity contribution in [2.24, 2.45) is 0 Å². The van der Waals surface area contributed by atoms with Crippen molar-refractivity contribution in [3.63, 3.8) is 0 Å². The van der Waals surface area contributed by atoms with Crippen LogP contribution in [0.4, 0.5) is 27.9 Å². The van der Waals surface area contributed by atoms with E-state index in [1.165, 1.54) is 29.6 Å². The summed E-state index contributed by atoms with van der Waals surface area (Å²) in [6.45, 7) is 0. The van der Waals surface area contributed by atoms with Gasteiger partial charge in [0, 0.05) is 23.1 Å². The first-order valence-corrected chi connectivity index (χ1v) is 9.69. The summed E-state index contributed by atoms with van der Waals surface area (Å²) in [5.74, 6) is -0.952. The Bertz CT molecular complexity index is 1300. The Kier molecular flexibility index (Phi) is 4.34. The third kappa shape index (κ3) is 3.70. The lowest BCUT2D eigenvalue weighted by Gasteiger charge is -2.06. The molecule has 0 saturated carbocycles. The van der Waals surface area contributed by atoms with Crippen LogP contribution in [-0.4, -0.2) is 27.2 Å². The number of amides is 1. The zero-order valence-corrected chi connectivity index (χ0v) is 16.3. The van der Waals surface area contributed by atoms with E-state index in [9.17, 15) is 26.7 Å². The summed E-state index contributed by atoms with van der Waals surface area (Å²) < 4.78 is 73.1. The van der Waals surface area contributed by atoms with Gasteiger partial charge in [0.1, 0.15) is 10.7 Å². The molecular weight excluding hydrogens is 459 g/mol. The third-order valence-electron chi connectivity index (χ3n) is 4.43. The molecule has 0 unspecified atom stereocenters. The van der Waals surface area contributed by atoms with Gasteiger partial charge < -0.3 is 14.5 Å². The topological polar surface area (TPSA) is 89.1 Å². The minimum atomic E-state index is -4.45. The van der Waals surface area contributed by atoms with Gasteiger partial charge in [-0.2, -0.15) is 13.2 Å². The lowest BCUT2D eigenvalue weighted by Crippen LogP contribution is -2.25. The number of hydrogen-bond donors (Lipinski definition) is 2. The van der Waals surface area contributed by atoms with Crippen molar-refractivity contribution in [3.8, 4) is 22.1 Å². The molecule has 0 aliphatic carbocycles. The molecule has 13 heteroatoms. The van der Waals surface area contributed by atoms with Crippen LogP contribution in [0.1, 0.15) is 16.1 Å². The van der Waals surface area contributed by atoms with Gasteiger partial charge in [0.2, 0.25) is 5.95 Å². The molecule has 2 aromatic heterocycles. The fourth-order valence-corrected chi connectivity index (χ4v) is 3.80. The average molecular weight is 468 g/mol. The van der Waals surface area contributed by atoms with Crippen LogP contribution >= 0.6 is 11.3 Å². The van der Waals surface area contributed by atoms with E-state index in [1.807, 2.05) is 0 Å². The summed E-state index contributed by atoms with van der Waals surface area (Å²) in [7, 11) is 0. The highest BCUT2D eigenvalue weighted by Crippen LogP contribution is 2.43. The average Bonchev–Trinajstić information content (AvgIpc) is 3.40. The molecule has 2 N–H and O–H groups in total. The number of aromatic nitrogens is 3. The molecule has 7 nitrogen and oxygen atoms in total. The summed E-state index contributed by atoms with van der Waals surface area (Å²) in [5.41, 5.74) is 0.246. The number of rotatable bonds is 3. The molecule has 0 radical (unpaired) electrons. The molecule has 5 rings (SSSR count). The molecule has 164 valence electrons. The van der Waals surface area contributed by atoms with E-state index in [-0.39, 0.29) is 28.7 Å². The van der Waals surface area contributed by atoms with Gasteiger partial charge in [0.25, 0.3) is 5.91 Å². The number of thiazole rings is 1. The van der Waals surface area contributed by atoms with E-state index in [4.69, 9.17) is 0 Å². The quantitative estimate of drug-likeness (QED) is 0.400. The Morgan fingerprint density at radius 1 is 1.06 bits per heavy atom. The second-order valence-corrected chi connectivity index (χ2v) is 7.49. The predicted octanol–water partition coefficient (Wildman–Crippen LogP) is 5.28. The van der Waals surface area contributed by atoms with Gasteiger partial charge >= 0.3 is 12.5 Å². The van der Waals surface area contributed by atoms with Crippen LogP contribution in [0.25, 0.3) is 21.6 Å². The van der Waals surface area contributed by atoms with Crippen molar-refractivity contribution in [2.45, 2.75) is 12.5 Å². The van der Waals surface area contributed by atoms with Gasteiger partial charge in [-0.25, -0.2) is 9.97 Å². The number of nitrogens with zero attached hydrogens (tertiary/aromatic N) is 2. The number of anilines is 1. The number of aromatic amines is 1. The van der Waals surface area contributed by atoms with E-state index >= 15 is 0 Å². The number of fused-ring (bicyclic) bond motifs is 2. The van der Waals surface area contributed by atoms with Crippen molar-refractivity contribution in [1.82, 2.24) is 15.0 Å². The summed E-state index contributed by atoms with van der Waals surface area (Å²) >= 11 is 1.09. The maximum atomic E-state index is 13.1. The Balaban J connectivity index is 1.33. The number of nitrogens with one attached hydrogen (secondary N) is 2. The predicted molar refractivity (Wildman–Crippen MR) is 103 cm³/mol. The molecule has 1 aliphatic heterocycles. The zero-order chi connectivity index (χ0) is 22.7. The SMILES string of the molecule is O=C(Nc1nc2cc3c(cc2[nH]1)OC(F)(F)O3)c1csc(-c2ccc(C(F)(F)F)cc2)n1. The number of alkyl halides is 5. The molecule has 0 fully saturated rings. The molecule has 0 bridgehead atoms. The lowest BCUT2D eigenvalue weighted by atomic mass is 10.1. The van der Waals surface area contributed by atoms with Crippen molar-refractivity contribution in [2.75, 3.05) is 5.32 Å². The summed E-state index contributed by atoms with van der Waals surface area (Å²) in [6.07, 6.45) is -8.20. The molecule has 0 atom stereocenters. The summed E-state index contributed by atoms with van der Waals surface area (Å²) in [5, 5.41) is 4.30. The fraction of sp³-hybridized carbons (Fsp3) is 0.105. The van der Waals surface area contributed by atoms with Gasteiger partial charge in [-0.05, 0) is 12.1 Å².